The maximum absolute atomic E-state index is 3.55. The Morgan fingerprint density at radius 2 is 2.46 bits per heavy atom. The fourth-order valence-corrected chi connectivity index (χ4v) is 2.20. The lowest BCUT2D eigenvalue weighted by Gasteiger charge is -2.17. The summed E-state index contributed by atoms with van der Waals surface area (Å²) in [5.74, 6) is 1.22. The Balaban J connectivity index is 1.99. The molecule has 1 saturated heterocycles. The van der Waals surface area contributed by atoms with Crippen molar-refractivity contribution in [3.63, 3.8) is 0 Å². The van der Waals surface area contributed by atoms with Crippen molar-refractivity contribution in [2.45, 2.75) is 38.3 Å². The van der Waals surface area contributed by atoms with Crippen LogP contribution >= 0.6 is 11.8 Å². The van der Waals surface area contributed by atoms with E-state index in [9.17, 15) is 0 Å². The maximum Gasteiger partial charge on any atom is 0.00822 e. The Kier molecular flexibility index (Phi) is 5.83. The van der Waals surface area contributed by atoms with Crippen molar-refractivity contribution < 1.29 is 0 Å². The number of hydrogen-bond donors (Lipinski definition) is 2. The van der Waals surface area contributed by atoms with Crippen LogP contribution in [0.1, 0.15) is 26.2 Å². The van der Waals surface area contributed by atoms with Crippen LogP contribution in [0.3, 0.4) is 0 Å². The molecule has 13 heavy (non-hydrogen) atoms. The fraction of sp³-hybridized carbons (Fsp3) is 1.00. The fourth-order valence-electron chi connectivity index (χ4n) is 1.88. The van der Waals surface area contributed by atoms with Gasteiger partial charge in [-0.1, -0.05) is 0 Å². The summed E-state index contributed by atoms with van der Waals surface area (Å²) in [5, 5.41) is 7.08. The second-order valence-corrected chi connectivity index (χ2v) is 4.86. The van der Waals surface area contributed by atoms with Crippen LogP contribution in [0, 0.1) is 0 Å². The number of hydrogen-bond acceptors (Lipinski definition) is 3. The molecule has 1 aliphatic heterocycles. The summed E-state index contributed by atoms with van der Waals surface area (Å²) in [6.45, 7) is 4.66. The molecule has 2 N–H and O–H groups in total. The Bertz CT molecular complexity index is 124. The molecule has 3 heteroatoms. The van der Waals surface area contributed by atoms with Crippen LogP contribution in [0.5, 0.6) is 0 Å². The third kappa shape index (κ3) is 4.89. The summed E-state index contributed by atoms with van der Waals surface area (Å²) >= 11 is 1.91. The van der Waals surface area contributed by atoms with Gasteiger partial charge >= 0.3 is 0 Å². The minimum Gasteiger partial charge on any atom is -0.314 e. The van der Waals surface area contributed by atoms with Gasteiger partial charge in [0.05, 0.1) is 0 Å². The molecule has 0 aromatic heterocycles. The van der Waals surface area contributed by atoms with Gasteiger partial charge in [0.1, 0.15) is 0 Å². The normalized spacial score (nSPS) is 24.9. The summed E-state index contributed by atoms with van der Waals surface area (Å²) in [6.07, 6.45) is 6.18. The second-order valence-electron chi connectivity index (χ2n) is 3.88. The summed E-state index contributed by atoms with van der Waals surface area (Å²) in [6, 6.07) is 1.44. The predicted octanol–water partition coefficient (Wildman–Crippen LogP) is 1.47. The van der Waals surface area contributed by atoms with Gasteiger partial charge in [0.15, 0.2) is 0 Å². The van der Waals surface area contributed by atoms with E-state index in [1.807, 2.05) is 11.8 Å². The Morgan fingerprint density at radius 3 is 3.08 bits per heavy atom. The molecular weight excluding hydrogens is 180 g/mol. The van der Waals surface area contributed by atoms with Crippen molar-refractivity contribution in [3.05, 3.63) is 0 Å². The standard InChI is InChI=1S/C10H22N2S/c1-9(11-6-7-13-2)8-10-4-3-5-12-10/h9-12H,3-8H2,1-2H3. The molecule has 1 aliphatic rings. The van der Waals surface area contributed by atoms with Gasteiger partial charge in [0.25, 0.3) is 0 Å². The van der Waals surface area contributed by atoms with Crippen LogP contribution in [0.4, 0.5) is 0 Å². The molecule has 0 aromatic rings. The molecule has 0 aromatic carbocycles. The Morgan fingerprint density at radius 1 is 1.62 bits per heavy atom. The van der Waals surface area contributed by atoms with Gasteiger partial charge in [-0.25, -0.2) is 0 Å². The number of thioether (sulfide) groups is 1. The Labute approximate surface area is 86.2 Å². The Hall–Kier alpha value is 0.270. The van der Waals surface area contributed by atoms with Gasteiger partial charge in [0, 0.05) is 24.4 Å². The zero-order valence-electron chi connectivity index (χ0n) is 8.81. The summed E-state index contributed by atoms with van der Waals surface area (Å²) in [7, 11) is 0. The van der Waals surface area contributed by atoms with E-state index in [0.29, 0.717) is 6.04 Å². The van der Waals surface area contributed by atoms with E-state index < -0.39 is 0 Å². The van der Waals surface area contributed by atoms with Crippen molar-refractivity contribution >= 4 is 11.8 Å². The minimum atomic E-state index is 0.669. The first kappa shape index (κ1) is 11.3. The molecule has 2 unspecified atom stereocenters. The lowest BCUT2D eigenvalue weighted by Crippen LogP contribution is -2.34. The number of nitrogens with one attached hydrogen (secondary N) is 2. The van der Waals surface area contributed by atoms with Crippen molar-refractivity contribution in [1.29, 1.82) is 0 Å². The molecule has 0 radical (unpaired) electrons. The van der Waals surface area contributed by atoms with Gasteiger partial charge in [-0.05, 0) is 39.0 Å². The van der Waals surface area contributed by atoms with Gasteiger partial charge in [-0.3, -0.25) is 0 Å². The molecule has 2 nitrogen and oxygen atoms in total. The molecule has 0 amide bonds. The number of rotatable bonds is 6. The van der Waals surface area contributed by atoms with Crippen LogP contribution < -0.4 is 10.6 Å². The molecule has 2 atom stereocenters. The minimum absolute atomic E-state index is 0.669. The smallest absolute Gasteiger partial charge is 0.00822 e. The van der Waals surface area contributed by atoms with Crippen LogP contribution in [-0.4, -0.2) is 37.2 Å². The highest BCUT2D eigenvalue weighted by molar-refractivity contribution is 7.98. The first-order valence-corrected chi connectivity index (χ1v) is 6.68. The van der Waals surface area contributed by atoms with Crippen molar-refractivity contribution in [1.82, 2.24) is 10.6 Å². The molecule has 0 bridgehead atoms. The van der Waals surface area contributed by atoms with Gasteiger partial charge < -0.3 is 10.6 Å². The monoisotopic (exact) mass is 202 g/mol. The molecule has 0 spiro atoms. The van der Waals surface area contributed by atoms with Gasteiger partial charge in [0.2, 0.25) is 0 Å². The van der Waals surface area contributed by atoms with Gasteiger partial charge in [-0.15, -0.1) is 0 Å². The van der Waals surface area contributed by atoms with Crippen LogP contribution in [0.25, 0.3) is 0 Å². The molecular formula is C10H22N2S. The zero-order valence-corrected chi connectivity index (χ0v) is 9.62. The van der Waals surface area contributed by atoms with Crippen molar-refractivity contribution in [2.24, 2.45) is 0 Å². The van der Waals surface area contributed by atoms with E-state index in [1.54, 1.807) is 0 Å². The van der Waals surface area contributed by atoms with E-state index >= 15 is 0 Å². The molecule has 0 saturated carbocycles. The third-order valence-corrected chi connectivity index (χ3v) is 3.21. The highest BCUT2D eigenvalue weighted by atomic mass is 32.2. The van der Waals surface area contributed by atoms with E-state index in [1.165, 1.54) is 31.6 Å². The molecule has 1 fully saturated rings. The van der Waals surface area contributed by atoms with Crippen molar-refractivity contribution in [2.75, 3.05) is 25.1 Å². The molecule has 1 heterocycles. The first-order chi connectivity index (χ1) is 6.33. The van der Waals surface area contributed by atoms with Crippen LogP contribution in [0.2, 0.25) is 0 Å². The molecule has 78 valence electrons. The van der Waals surface area contributed by atoms with Crippen LogP contribution in [0.15, 0.2) is 0 Å². The zero-order chi connectivity index (χ0) is 9.52. The summed E-state index contributed by atoms with van der Waals surface area (Å²) in [4.78, 5) is 0. The van der Waals surface area contributed by atoms with Gasteiger partial charge in [-0.2, -0.15) is 11.8 Å². The molecule has 0 aliphatic carbocycles. The largest absolute Gasteiger partial charge is 0.314 e. The van der Waals surface area contributed by atoms with Crippen LogP contribution in [-0.2, 0) is 0 Å². The average Bonchev–Trinajstić information content (AvgIpc) is 2.57. The average molecular weight is 202 g/mol. The topological polar surface area (TPSA) is 24.1 Å². The molecule has 1 rings (SSSR count). The predicted molar refractivity (Wildman–Crippen MR) is 61.5 cm³/mol. The van der Waals surface area contributed by atoms with E-state index in [2.05, 4.69) is 23.8 Å². The second kappa shape index (κ2) is 6.68. The lowest BCUT2D eigenvalue weighted by atomic mass is 10.1. The van der Waals surface area contributed by atoms with E-state index in [0.717, 1.165) is 12.6 Å². The van der Waals surface area contributed by atoms with E-state index in [-0.39, 0.29) is 0 Å². The van der Waals surface area contributed by atoms with Crippen molar-refractivity contribution in [3.8, 4) is 0 Å². The quantitative estimate of drug-likeness (QED) is 0.638. The highest BCUT2D eigenvalue weighted by Gasteiger charge is 2.16. The first-order valence-electron chi connectivity index (χ1n) is 5.28. The summed E-state index contributed by atoms with van der Waals surface area (Å²) in [5.41, 5.74) is 0. The lowest BCUT2D eigenvalue weighted by molar-refractivity contribution is 0.450. The highest BCUT2D eigenvalue weighted by Crippen LogP contribution is 2.10. The maximum atomic E-state index is 3.55. The summed E-state index contributed by atoms with van der Waals surface area (Å²) < 4.78 is 0. The SMILES string of the molecule is CSCCNC(C)CC1CCCN1. The van der Waals surface area contributed by atoms with E-state index in [4.69, 9.17) is 0 Å². The third-order valence-electron chi connectivity index (χ3n) is 2.60.